The Labute approximate surface area is 290 Å². The Bertz CT molecular complexity index is 2840. The largest absolute Gasteiger partial charge is 0.309 e. The molecule has 2 heterocycles. The number of para-hydroxylation sites is 3. The predicted molar refractivity (Wildman–Crippen MR) is 211 cm³/mol. The van der Waals surface area contributed by atoms with Crippen LogP contribution in [0.2, 0.25) is 0 Å². The second-order valence-electron chi connectivity index (χ2n) is 13.0. The first-order valence-corrected chi connectivity index (χ1v) is 17.2. The maximum absolute atomic E-state index is 2.40. The van der Waals surface area contributed by atoms with E-state index in [0.717, 1.165) is 5.69 Å². The summed E-state index contributed by atoms with van der Waals surface area (Å²) < 4.78 is 4.76. The van der Waals surface area contributed by atoms with Crippen LogP contribution in [0.1, 0.15) is 0 Å². The van der Waals surface area contributed by atoms with Gasteiger partial charge in [0.15, 0.2) is 0 Å². The molecule has 0 fully saturated rings. The number of nitrogens with zero attached hydrogens (tertiary/aromatic N) is 2. The van der Waals surface area contributed by atoms with Crippen molar-refractivity contribution in [1.29, 1.82) is 0 Å². The van der Waals surface area contributed by atoms with Crippen LogP contribution in [0.3, 0.4) is 0 Å². The van der Waals surface area contributed by atoms with Crippen LogP contribution in [0.5, 0.6) is 0 Å². The zero-order chi connectivity index (χ0) is 33.0. The Morgan fingerprint density at radius 3 is 1.20 bits per heavy atom. The topological polar surface area (TPSA) is 9.86 Å². The molecular formula is C48H32N2. The predicted octanol–water partition coefficient (Wildman–Crippen LogP) is 12.9. The molecule has 0 aliphatic rings. The van der Waals surface area contributed by atoms with E-state index in [9.17, 15) is 0 Å². The maximum Gasteiger partial charge on any atom is 0.0541 e. The van der Waals surface area contributed by atoms with Gasteiger partial charge in [-0.1, -0.05) is 127 Å². The van der Waals surface area contributed by atoms with Gasteiger partial charge >= 0.3 is 0 Å². The molecule has 0 bridgehead atoms. The molecule has 234 valence electrons. The van der Waals surface area contributed by atoms with E-state index in [4.69, 9.17) is 0 Å². The standard InChI is InChI=1S/C48H32N2/c1-3-12-33(13-4-1)35-14-11-15-36(30-35)38-25-29-48-44(32-38)42-19-8-10-21-46(42)50(48)40-26-22-34(23-27-40)37-24-28-47-43(31-37)41-18-7-9-20-45(41)49(47)39-16-5-2-6-17-39/h1-32H. The highest BCUT2D eigenvalue weighted by Crippen LogP contribution is 2.38. The minimum absolute atomic E-state index is 1.15. The normalized spacial score (nSPS) is 11.6. The number of fused-ring (bicyclic) bond motifs is 6. The highest BCUT2D eigenvalue weighted by Gasteiger charge is 2.15. The summed E-state index contributed by atoms with van der Waals surface area (Å²) in [7, 11) is 0. The Balaban J connectivity index is 1.05. The number of hydrogen-bond acceptors (Lipinski definition) is 0. The Morgan fingerprint density at radius 2 is 0.600 bits per heavy atom. The molecule has 0 saturated carbocycles. The Hall–Kier alpha value is -6.64. The molecule has 8 aromatic carbocycles. The van der Waals surface area contributed by atoms with Gasteiger partial charge in [0.25, 0.3) is 0 Å². The van der Waals surface area contributed by atoms with Gasteiger partial charge in [-0.15, -0.1) is 0 Å². The van der Waals surface area contributed by atoms with Gasteiger partial charge in [-0.05, 0) is 100 Å². The molecule has 0 amide bonds. The molecular weight excluding hydrogens is 605 g/mol. The lowest BCUT2D eigenvalue weighted by Gasteiger charge is -2.11. The number of rotatable bonds is 5. The molecule has 0 radical (unpaired) electrons. The SMILES string of the molecule is c1ccc(-c2cccc(-c3ccc4c(c3)c3ccccc3n4-c3ccc(-c4ccc5c(c4)c4ccccc4n5-c4ccccc4)cc3)c2)cc1. The van der Waals surface area contributed by atoms with Crippen molar-refractivity contribution in [2.24, 2.45) is 0 Å². The van der Waals surface area contributed by atoms with E-state index in [-0.39, 0.29) is 0 Å². The highest BCUT2D eigenvalue weighted by atomic mass is 15.0. The molecule has 0 saturated heterocycles. The van der Waals surface area contributed by atoms with Crippen LogP contribution in [0.25, 0.3) is 88.4 Å². The van der Waals surface area contributed by atoms with Crippen molar-refractivity contribution in [1.82, 2.24) is 9.13 Å². The number of benzene rings is 8. The Kier molecular flexibility index (Phi) is 6.53. The monoisotopic (exact) mass is 636 g/mol. The van der Waals surface area contributed by atoms with Crippen LogP contribution in [-0.2, 0) is 0 Å². The van der Waals surface area contributed by atoms with E-state index in [1.165, 1.54) is 82.7 Å². The summed E-state index contributed by atoms with van der Waals surface area (Å²) in [5.41, 5.74) is 14.5. The second kappa shape index (κ2) is 11.5. The summed E-state index contributed by atoms with van der Waals surface area (Å²) in [6.45, 7) is 0. The van der Waals surface area contributed by atoms with Crippen molar-refractivity contribution in [2.45, 2.75) is 0 Å². The first-order chi connectivity index (χ1) is 24.8. The zero-order valence-corrected chi connectivity index (χ0v) is 27.4. The summed E-state index contributed by atoms with van der Waals surface area (Å²) >= 11 is 0. The third kappa shape index (κ3) is 4.57. The summed E-state index contributed by atoms with van der Waals surface area (Å²) in [4.78, 5) is 0. The molecule has 0 spiro atoms. The van der Waals surface area contributed by atoms with Crippen molar-refractivity contribution >= 4 is 43.6 Å². The lowest BCUT2D eigenvalue weighted by Crippen LogP contribution is -1.94. The summed E-state index contributed by atoms with van der Waals surface area (Å²) in [5.74, 6) is 0. The third-order valence-corrected chi connectivity index (χ3v) is 10.1. The van der Waals surface area contributed by atoms with Crippen LogP contribution in [0, 0.1) is 0 Å². The molecule has 0 atom stereocenters. The van der Waals surface area contributed by atoms with Crippen LogP contribution >= 0.6 is 0 Å². The van der Waals surface area contributed by atoms with E-state index in [0.29, 0.717) is 0 Å². The molecule has 10 aromatic rings. The number of hydrogen-bond donors (Lipinski definition) is 0. The van der Waals surface area contributed by atoms with Crippen molar-refractivity contribution < 1.29 is 0 Å². The first kappa shape index (κ1) is 28.4. The fourth-order valence-corrected chi connectivity index (χ4v) is 7.75. The van der Waals surface area contributed by atoms with Crippen molar-refractivity contribution in [3.63, 3.8) is 0 Å². The van der Waals surface area contributed by atoms with Crippen LogP contribution in [0.4, 0.5) is 0 Å². The van der Waals surface area contributed by atoms with Gasteiger partial charge in [0.1, 0.15) is 0 Å². The molecule has 10 rings (SSSR count). The lowest BCUT2D eigenvalue weighted by molar-refractivity contribution is 1.18. The minimum atomic E-state index is 1.15. The van der Waals surface area contributed by atoms with Gasteiger partial charge in [-0.25, -0.2) is 0 Å². The molecule has 0 aliphatic heterocycles. The van der Waals surface area contributed by atoms with E-state index >= 15 is 0 Å². The fourth-order valence-electron chi connectivity index (χ4n) is 7.75. The molecule has 2 heteroatoms. The average Bonchev–Trinajstić information content (AvgIpc) is 3.71. The van der Waals surface area contributed by atoms with Crippen LogP contribution < -0.4 is 0 Å². The molecule has 0 unspecified atom stereocenters. The fraction of sp³-hybridized carbons (Fsp3) is 0. The van der Waals surface area contributed by atoms with E-state index in [1.807, 2.05) is 0 Å². The minimum Gasteiger partial charge on any atom is -0.309 e. The van der Waals surface area contributed by atoms with Gasteiger partial charge in [0.2, 0.25) is 0 Å². The van der Waals surface area contributed by atoms with Crippen molar-refractivity contribution in [3.05, 3.63) is 194 Å². The van der Waals surface area contributed by atoms with Crippen molar-refractivity contribution in [3.8, 4) is 44.8 Å². The molecule has 50 heavy (non-hydrogen) atoms. The highest BCUT2D eigenvalue weighted by molar-refractivity contribution is 6.11. The van der Waals surface area contributed by atoms with Gasteiger partial charge in [-0.3, -0.25) is 0 Å². The number of aromatic nitrogens is 2. The second-order valence-corrected chi connectivity index (χ2v) is 13.0. The zero-order valence-electron chi connectivity index (χ0n) is 27.4. The molecule has 2 aromatic heterocycles. The lowest BCUT2D eigenvalue weighted by atomic mass is 9.98. The van der Waals surface area contributed by atoms with Gasteiger partial charge < -0.3 is 9.13 Å². The van der Waals surface area contributed by atoms with Crippen LogP contribution in [0.15, 0.2) is 194 Å². The molecule has 0 N–H and O–H groups in total. The van der Waals surface area contributed by atoms with Gasteiger partial charge in [-0.2, -0.15) is 0 Å². The maximum atomic E-state index is 2.40. The molecule has 0 aliphatic carbocycles. The van der Waals surface area contributed by atoms with Gasteiger partial charge in [0.05, 0.1) is 22.1 Å². The smallest absolute Gasteiger partial charge is 0.0541 e. The Morgan fingerprint density at radius 1 is 0.220 bits per heavy atom. The van der Waals surface area contributed by atoms with Crippen LogP contribution in [-0.4, -0.2) is 9.13 Å². The van der Waals surface area contributed by atoms with E-state index < -0.39 is 0 Å². The first-order valence-electron chi connectivity index (χ1n) is 17.2. The quantitative estimate of drug-likeness (QED) is 0.178. The summed E-state index contributed by atoms with van der Waals surface area (Å²) in [6.07, 6.45) is 0. The van der Waals surface area contributed by atoms with E-state index in [2.05, 4.69) is 203 Å². The summed E-state index contributed by atoms with van der Waals surface area (Å²) in [6, 6.07) is 70.4. The van der Waals surface area contributed by atoms with Crippen molar-refractivity contribution in [2.75, 3.05) is 0 Å². The summed E-state index contributed by atoms with van der Waals surface area (Å²) in [5, 5.41) is 5.04. The average molecular weight is 637 g/mol. The third-order valence-electron chi connectivity index (χ3n) is 10.1. The van der Waals surface area contributed by atoms with Gasteiger partial charge in [0, 0.05) is 32.9 Å². The molecule has 2 nitrogen and oxygen atoms in total. The van der Waals surface area contributed by atoms with E-state index in [1.54, 1.807) is 0 Å².